The number of esters is 1. The van der Waals surface area contributed by atoms with Crippen molar-refractivity contribution >= 4 is 29.2 Å². The zero-order valence-corrected chi connectivity index (χ0v) is 14.4. The van der Waals surface area contributed by atoms with Gasteiger partial charge in [-0.3, -0.25) is 4.79 Å². The number of ether oxygens (including phenoxy) is 3. The van der Waals surface area contributed by atoms with E-state index in [2.05, 4.69) is 5.32 Å². The molecule has 2 aromatic rings. The van der Waals surface area contributed by atoms with Gasteiger partial charge in [-0.1, -0.05) is 29.8 Å². The summed E-state index contributed by atoms with van der Waals surface area (Å²) in [6.45, 7) is 0. The van der Waals surface area contributed by atoms with E-state index in [1.807, 2.05) is 6.07 Å². The van der Waals surface area contributed by atoms with Crippen LogP contribution in [0.15, 0.2) is 36.4 Å². The van der Waals surface area contributed by atoms with Gasteiger partial charge >= 0.3 is 5.97 Å². The first-order chi connectivity index (χ1) is 12.0. The summed E-state index contributed by atoms with van der Waals surface area (Å²) in [5.41, 5.74) is 1.60. The number of methoxy groups -OCH3 is 2. The summed E-state index contributed by atoms with van der Waals surface area (Å²) < 4.78 is 15.6. The fraction of sp³-hybridized carbons (Fsp3) is 0.222. The van der Waals surface area contributed by atoms with E-state index in [0.717, 1.165) is 5.56 Å². The van der Waals surface area contributed by atoms with Crippen LogP contribution in [0.3, 0.4) is 0 Å². The summed E-state index contributed by atoms with van der Waals surface area (Å²) >= 11 is 6.17. The quantitative estimate of drug-likeness (QED) is 0.847. The van der Waals surface area contributed by atoms with Crippen LogP contribution in [0.4, 0.5) is 5.69 Å². The second-order valence-electron chi connectivity index (χ2n) is 5.43. The van der Waals surface area contributed by atoms with E-state index in [0.29, 0.717) is 29.2 Å². The van der Waals surface area contributed by atoms with Gasteiger partial charge in [-0.05, 0) is 11.6 Å². The number of rotatable bonds is 4. The molecule has 1 amide bonds. The molecule has 3 rings (SSSR count). The molecule has 0 saturated heterocycles. The second-order valence-corrected chi connectivity index (χ2v) is 5.84. The fourth-order valence-electron chi connectivity index (χ4n) is 2.64. The third-order valence-electron chi connectivity index (χ3n) is 3.92. The van der Waals surface area contributed by atoms with Gasteiger partial charge in [0.1, 0.15) is 0 Å². The number of carbonyl (C=O) groups excluding carboxylic acids is 2. The number of anilines is 1. The molecule has 7 heteroatoms. The Labute approximate surface area is 149 Å². The molecule has 1 aliphatic heterocycles. The maximum Gasteiger partial charge on any atom is 0.339 e. The molecule has 1 heterocycles. The summed E-state index contributed by atoms with van der Waals surface area (Å²) in [6, 6.07) is 10.1. The molecule has 1 atom stereocenters. The van der Waals surface area contributed by atoms with E-state index in [1.165, 1.54) is 20.3 Å². The third kappa shape index (κ3) is 3.39. The lowest BCUT2D eigenvalue weighted by atomic mass is 9.98. The first kappa shape index (κ1) is 17.1. The molecule has 130 valence electrons. The van der Waals surface area contributed by atoms with Gasteiger partial charge in [-0.15, -0.1) is 0 Å². The third-order valence-corrected chi connectivity index (χ3v) is 4.23. The van der Waals surface area contributed by atoms with Crippen LogP contribution in [0.5, 0.6) is 11.5 Å². The lowest BCUT2D eigenvalue weighted by Crippen LogP contribution is -2.38. The Bertz CT molecular complexity index is 836. The van der Waals surface area contributed by atoms with Crippen molar-refractivity contribution in [2.75, 3.05) is 19.5 Å². The number of carbonyl (C=O) groups is 2. The van der Waals surface area contributed by atoms with Gasteiger partial charge in [0.2, 0.25) is 0 Å². The van der Waals surface area contributed by atoms with Crippen LogP contribution in [0.1, 0.15) is 15.9 Å². The Morgan fingerprint density at radius 3 is 2.60 bits per heavy atom. The van der Waals surface area contributed by atoms with Gasteiger partial charge in [0.25, 0.3) is 5.91 Å². The summed E-state index contributed by atoms with van der Waals surface area (Å²) in [4.78, 5) is 24.5. The van der Waals surface area contributed by atoms with E-state index in [9.17, 15) is 9.59 Å². The number of hydrogen-bond acceptors (Lipinski definition) is 5. The Hall–Kier alpha value is -2.73. The summed E-state index contributed by atoms with van der Waals surface area (Å²) in [5.74, 6) is -0.103. The Balaban J connectivity index is 1.81. The number of cyclic esters (lactones) is 1. The summed E-state index contributed by atoms with van der Waals surface area (Å²) in [6.07, 6.45) is -0.620. The van der Waals surface area contributed by atoms with Crippen molar-refractivity contribution in [2.24, 2.45) is 0 Å². The number of amides is 1. The fourth-order valence-corrected chi connectivity index (χ4v) is 2.84. The normalized spacial score (nSPS) is 15.8. The maximum absolute atomic E-state index is 12.5. The van der Waals surface area contributed by atoms with Crippen LogP contribution in [0, 0.1) is 0 Å². The largest absolute Gasteiger partial charge is 0.493 e. The summed E-state index contributed by atoms with van der Waals surface area (Å²) in [7, 11) is 2.97. The average molecular weight is 362 g/mol. The number of nitrogens with one attached hydrogen (secondary N) is 1. The van der Waals surface area contributed by atoms with Gasteiger partial charge in [-0.25, -0.2) is 4.79 Å². The van der Waals surface area contributed by atoms with Crippen molar-refractivity contribution in [3.05, 3.63) is 52.5 Å². The van der Waals surface area contributed by atoms with Crippen molar-refractivity contribution in [1.29, 1.82) is 0 Å². The predicted molar refractivity (Wildman–Crippen MR) is 92.5 cm³/mol. The van der Waals surface area contributed by atoms with Crippen molar-refractivity contribution in [1.82, 2.24) is 0 Å². The monoisotopic (exact) mass is 361 g/mol. The first-order valence-corrected chi connectivity index (χ1v) is 7.92. The Kier molecular flexibility index (Phi) is 4.81. The van der Waals surface area contributed by atoms with Crippen LogP contribution in [0.25, 0.3) is 0 Å². The van der Waals surface area contributed by atoms with Crippen molar-refractivity contribution in [3.63, 3.8) is 0 Å². The van der Waals surface area contributed by atoms with E-state index >= 15 is 0 Å². The van der Waals surface area contributed by atoms with E-state index in [1.54, 1.807) is 24.3 Å². The number of fused-ring (bicyclic) bond motifs is 1. The molecule has 2 aromatic carbocycles. The van der Waals surface area contributed by atoms with Crippen molar-refractivity contribution in [3.8, 4) is 11.5 Å². The zero-order valence-electron chi connectivity index (χ0n) is 13.7. The van der Waals surface area contributed by atoms with Gasteiger partial charge in [0, 0.05) is 18.6 Å². The lowest BCUT2D eigenvalue weighted by molar-refractivity contribution is -0.125. The Morgan fingerprint density at radius 1 is 1.20 bits per heavy atom. The molecule has 0 bridgehead atoms. The molecule has 1 aliphatic rings. The van der Waals surface area contributed by atoms with Crippen LogP contribution >= 0.6 is 11.6 Å². The minimum Gasteiger partial charge on any atom is -0.493 e. The van der Waals surface area contributed by atoms with Gasteiger partial charge in [0.15, 0.2) is 17.6 Å². The number of hydrogen-bond donors (Lipinski definition) is 1. The van der Waals surface area contributed by atoms with Crippen LogP contribution < -0.4 is 14.8 Å². The average Bonchev–Trinajstić information content (AvgIpc) is 2.62. The highest BCUT2D eigenvalue weighted by molar-refractivity contribution is 6.34. The van der Waals surface area contributed by atoms with Crippen LogP contribution in [-0.4, -0.2) is 32.2 Å². The van der Waals surface area contributed by atoms with E-state index in [-0.39, 0.29) is 5.02 Å². The lowest BCUT2D eigenvalue weighted by Gasteiger charge is -2.24. The predicted octanol–water partition coefficient (Wildman–Crippen LogP) is 3.08. The molecule has 0 radical (unpaired) electrons. The standard InChI is InChI=1S/C18H16ClNO5/c1-23-14-8-12(19)13(9-15(14)24-2)20-17(21)16-7-10-5-3-4-6-11(10)18(22)25-16/h3-6,8-9,16H,7H2,1-2H3,(H,20,21). The van der Waals surface area contributed by atoms with Gasteiger partial charge in [-0.2, -0.15) is 0 Å². The summed E-state index contributed by atoms with van der Waals surface area (Å²) in [5, 5.41) is 2.96. The number of benzene rings is 2. The minimum atomic E-state index is -0.924. The van der Waals surface area contributed by atoms with Crippen molar-refractivity contribution < 1.29 is 23.8 Å². The highest BCUT2D eigenvalue weighted by Gasteiger charge is 2.31. The van der Waals surface area contributed by atoms with Crippen LogP contribution in [-0.2, 0) is 16.0 Å². The molecule has 0 aromatic heterocycles. The highest BCUT2D eigenvalue weighted by Crippen LogP contribution is 2.36. The SMILES string of the molecule is COc1cc(Cl)c(NC(=O)C2Cc3ccccc3C(=O)O2)cc1OC. The molecule has 1 unspecified atom stereocenters. The second kappa shape index (κ2) is 7.03. The molecule has 25 heavy (non-hydrogen) atoms. The molecule has 0 fully saturated rings. The molecule has 0 spiro atoms. The minimum absolute atomic E-state index is 0.286. The van der Waals surface area contributed by atoms with Gasteiger partial charge < -0.3 is 19.5 Å². The smallest absolute Gasteiger partial charge is 0.339 e. The Morgan fingerprint density at radius 2 is 1.88 bits per heavy atom. The highest BCUT2D eigenvalue weighted by atomic mass is 35.5. The topological polar surface area (TPSA) is 73.9 Å². The molecule has 0 saturated carbocycles. The zero-order chi connectivity index (χ0) is 18.0. The molecule has 1 N–H and O–H groups in total. The number of halogens is 1. The van der Waals surface area contributed by atoms with Crippen LogP contribution in [0.2, 0.25) is 5.02 Å². The van der Waals surface area contributed by atoms with Crippen molar-refractivity contribution in [2.45, 2.75) is 12.5 Å². The molecular weight excluding hydrogens is 346 g/mol. The van der Waals surface area contributed by atoms with E-state index < -0.39 is 18.0 Å². The molecule has 6 nitrogen and oxygen atoms in total. The molecule has 0 aliphatic carbocycles. The molecular formula is C18H16ClNO5. The maximum atomic E-state index is 12.5. The first-order valence-electron chi connectivity index (χ1n) is 7.54. The van der Waals surface area contributed by atoms with Gasteiger partial charge in [0.05, 0.1) is 30.5 Å². The van der Waals surface area contributed by atoms with E-state index in [4.69, 9.17) is 25.8 Å².